The van der Waals surface area contributed by atoms with E-state index in [1.807, 2.05) is 0 Å². The quantitative estimate of drug-likeness (QED) is 0.759. The Labute approximate surface area is 159 Å². The molecule has 0 amide bonds. The van der Waals surface area contributed by atoms with Crippen molar-refractivity contribution in [3.8, 4) is 0 Å². The number of fused-ring (bicyclic) bond motifs is 1. The lowest BCUT2D eigenvalue weighted by atomic mass is 9.92. The summed E-state index contributed by atoms with van der Waals surface area (Å²) in [5.74, 6) is 0. The molecule has 1 fully saturated rings. The smallest absolute Gasteiger partial charge is 0.388 e. The summed E-state index contributed by atoms with van der Waals surface area (Å²) in [7, 11) is 3.48. The highest BCUT2D eigenvalue weighted by atomic mass is 32.2. The summed E-state index contributed by atoms with van der Waals surface area (Å²) in [6.07, 6.45) is -8.47. The summed E-state index contributed by atoms with van der Waals surface area (Å²) < 4.78 is 46.6. The number of aliphatic imine (C=N–C) groups is 1. The lowest BCUT2D eigenvalue weighted by Crippen LogP contribution is -2.56. The van der Waals surface area contributed by atoms with Crippen LogP contribution in [0.25, 0.3) is 0 Å². The van der Waals surface area contributed by atoms with Gasteiger partial charge in [0.05, 0.1) is 5.57 Å². The van der Waals surface area contributed by atoms with Crippen LogP contribution in [-0.2, 0) is 11.2 Å². The van der Waals surface area contributed by atoms with Gasteiger partial charge in [-0.3, -0.25) is 4.99 Å². The van der Waals surface area contributed by atoms with Crippen molar-refractivity contribution in [2.24, 2.45) is 4.99 Å². The summed E-state index contributed by atoms with van der Waals surface area (Å²) in [5.41, 5.74) is -1.07. The Kier molecular flexibility index (Phi) is 5.85. The van der Waals surface area contributed by atoms with E-state index < -0.39 is 41.5 Å². The van der Waals surface area contributed by atoms with Crippen molar-refractivity contribution in [2.45, 2.75) is 42.4 Å². The van der Waals surface area contributed by atoms with Gasteiger partial charge in [0, 0.05) is 14.1 Å². The average Bonchev–Trinajstić information content (AvgIpc) is 3.03. The number of amidine groups is 1. The van der Waals surface area contributed by atoms with Gasteiger partial charge in [-0.05, 0) is 12.0 Å². The fraction of sp³-hybridized carbons (Fsp3) is 0.500. The third kappa shape index (κ3) is 4.31. The maximum atomic E-state index is 13.7. The molecule has 1 aromatic rings. The van der Waals surface area contributed by atoms with Gasteiger partial charge in [-0.15, -0.1) is 0 Å². The van der Waals surface area contributed by atoms with Crippen LogP contribution in [0.2, 0.25) is 0 Å². The van der Waals surface area contributed by atoms with E-state index in [-0.39, 0.29) is 6.42 Å². The number of allylic oxidation sites excluding steroid dienone is 1. The summed E-state index contributed by atoms with van der Waals surface area (Å²) in [6.45, 7) is 0. The van der Waals surface area contributed by atoms with E-state index in [1.165, 1.54) is 0 Å². The molecule has 0 saturated carbocycles. The van der Waals surface area contributed by atoms with Crippen molar-refractivity contribution in [3.63, 3.8) is 0 Å². The van der Waals surface area contributed by atoms with Crippen LogP contribution >= 0.6 is 11.8 Å². The average molecular weight is 402 g/mol. The zero-order chi connectivity index (χ0) is 19.8. The highest BCUT2D eigenvalue weighted by Gasteiger charge is 2.53. The largest absolute Gasteiger partial charge is 0.414 e. The second-order valence-corrected chi connectivity index (χ2v) is 7.73. The number of hydrogen-bond acceptors (Lipinski definition) is 6. The number of ether oxygens (including phenoxy) is 1. The Hall–Kier alpha value is -1.55. The fourth-order valence-electron chi connectivity index (χ4n) is 3.06. The van der Waals surface area contributed by atoms with Gasteiger partial charge in [0.25, 0.3) is 0 Å². The molecule has 2 aliphatic rings. The predicted octanol–water partition coefficient (Wildman–Crippen LogP) is 2.20. The molecule has 5 nitrogen and oxygen atoms in total. The van der Waals surface area contributed by atoms with Crippen LogP contribution in [0.15, 0.2) is 47.0 Å². The van der Waals surface area contributed by atoms with Crippen LogP contribution in [0.1, 0.15) is 5.56 Å². The van der Waals surface area contributed by atoms with Crippen LogP contribution < -0.4 is 0 Å². The van der Waals surface area contributed by atoms with E-state index in [0.29, 0.717) is 10.7 Å². The number of thioether (sulfide) groups is 1. The van der Waals surface area contributed by atoms with Gasteiger partial charge in [-0.2, -0.15) is 13.2 Å². The molecule has 2 aliphatic heterocycles. The first kappa shape index (κ1) is 20.2. The molecule has 27 heavy (non-hydrogen) atoms. The molecule has 2 heterocycles. The molecule has 148 valence electrons. The monoisotopic (exact) mass is 402 g/mol. The second kappa shape index (κ2) is 7.83. The Morgan fingerprint density at radius 2 is 1.89 bits per heavy atom. The van der Waals surface area contributed by atoms with Crippen LogP contribution in [0.3, 0.4) is 0 Å². The third-order valence-corrected chi connectivity index (χ3v) is 5.77. The van der Waals surface area contributed by atoms with Crippen LogP contribution in [0.4, 0.5) is 13.2 Å². The maximum Gasteiger partial charge on any atom is 0.414 e. The molecule has 0 bridgehead atoms. The molecule has 3 rings (SSSR count). The van der Waals surface area contributed by atoms with E-state index in [0.717, 1.165) is 17.8 Å². The SMILES string of the molecule is CN(C)C1=N[C@@H]2[C@@H](O)[C@H](O)[C@@H](/C(=C/Cc3ccccc3)C(F)(F)F)O[C@@H]2S1. The topological polar surface area (TPSA) is 65.3 Å². The second-order valence-electron chi connectivity index (χ2n) is 6.67. The maximum absolute atomic E-state index is 13.7. The number of aliphatic hydroxyl groups is 2. The molecule has 0 aliphatic carbocycles. The van der Waals surface area contributed by atoms with Crippen molar-refractivity contribution < 1.29 is 28.1 Å². The first-order chi connectivity index (χ1) is 12.7. The Morgan fingerprint density at radius 3 is 2.48 bits per heavy atom. The third-order valence-electron chi connectivity index (χ3n) is 4.47. The van der Waals surface area contributed by atoms with E-state index in [2.05, 4.69) is 4.99 Å². The summed E-state index contributed by atoms with van der Waals surface area (Å²) in [4.78, 5) is 5.95. The van der Waals surface area contributed by atoms with E-state index in [4.69, 9.17) is 4.74 Å². The van der Waals surface area contributed by atoms with E-state index in [9.17, 15) is 23.4 Å². The molecule has 0 radical (unpaired) electrons. The lowest BCUT2D eigenvalue weighted by Gasteiger charge is -2.39. The van der Waals surface area contributed by atoms with Gasteiger partial charge in [0.15, 0.2) is 5.17 Å². The predicted molar refractivity (Wildman–Crippen MR) is 97.5 cm³/mol. The fourth-order valence-corrected chi connectivity index (χ4v) is 4.20. The minimum absolute atomic E-state index is 0.0407. The number of aliphatic hydroxyl groups excluding tert-OH is 2. The molecule has 0 spiro atoms. The van der Waals surface area contributed by atoms with Crippen LogP contribution in [-0.4, -0.2) is 70.3 Å². The Bertz CT molecular complexity index is 724. The first-order valence-electron chi connectivity index (χ1n) is 8.43. The van der Waals surface area contributed by atoms with Gasteiger partial charge >= 0.3 is 6.18 Å². The molecule has 0 unspecified atom stereocenters. The molecular formula is C18H21F3N2O3S. The van der Waals surface area contributed by atoms with Gasteiger partial charge in [0.1, 0.15) is 29.8 Å². The number of rotatable bonds is 3. The lowest BCUT2D eigenvalue weighted by molar-refractivity contribution is -0.170. The van der Waals surface area contributed by atoms with Crippen LogP contribution in [0, 0.1) is 0 Å². The molecule has 1 aromatic carbocycles. The van der Waals surface area contributed by atoms with Gasteiger partial charge < -0.3 is 19.8 Å². The normalized spacial score (nSPS) is 31.4. The van der Waals surface area contributed by atoms with Gasteiger partial charge in [-0.25, -0.2) is 0 Å². The highest BCUT2D eigenvalue weighted by molar-refractivity contribution is 8.14. The molecule has 9 heteroatoms. The summed E-state index contributed by atoms with van der Waals surface area (Å²) in [6, 6.07) is 7.90. The van der Waals surface area contributed by atoms with Crippen molar-refractivity contribution in [2.75, 3.05) is 14.1 Å². The number of benzene rings is 1. The van der Waals surface area contributed by atoms with E-state index in [1.54, 1.807) is 49.3 Å². The van der Waals surface area contributed by atoms with Crippen molar-refractivity contribution >= 4 is 16.9 Å². The van der Waals surface area contributed by atoms with Crippen molar-refractivity contribution in [1.82, 2.24) is 4.90 Å². The van der Waals surface area contributed by atoms with Gasteiger partial charge in [0.2, 0.25) is 0 Å². The minimum Gasteiger partial charge on any atom is -0.388 e. The number of halogens is 3. The summed E-state index contributed by atoms with van der Waals surface area (Å²) in [5, 5.41) is 21.2. The molecule has 1 saturated heterocycles. The number of nitrogens with zero attached hydrogens (tertiary/aromatic N) is 2. The minimum atomic E-state index is -4.69. The Balaban J connectivity index is 1.85. The number of hydrogen-bond donors (Lipinski definition) is 2. The Morgan fingerprint density at radius 1 is 1.22 bits per heavy atom. The standard InChI is InChI=1S/C18H21F3N2O3S/c1-23(2)17-22-12-13(24)14(25)15(26-16(12)27-17)11(18(19,20)21)9-8-10-6-4-3-5-7-10/h3-7,9,12-16,24-25H,8H2,1-2H3/b11-9-/t12-,13-,14+,15-,16-/m1/s1. The van der Waals surface area contributed by atoms with Crippen LogP contribution in [0.5, 0.6) is 0 Å². The molecule has 0 aromatic heterocycles. The first-order valence-corrected chi connectivity index (χ1v) is 9.31. The van der Waals surface area contributed by atoms with E-state index >= 15 is 0 Å². The molecular weight excluding hydrogens is 381 g/mol. The van der Waals surface area contributed by atoms with Crippen molar-refractivity contribution in [3.05, 3.63) is 47.5 Å². The van der Waals surface area contributed by atoms with Gasteiger partial charge in [-0.1, -0.05) is 48.2 Å². The number of alkyl halides is 3. The molecule has 2 N–H and O–H groups in total. The highest BCUT2D eigenvalue weighted by Crippen LogP contribution is 2.42. The summed E-state index contributed by atoms with van der Waals surface area (Å²) >= 11 is 1.14. The van der Waals surface area contributed by atoms with Crippen molar-refractivity contribution in [1.29, 1.82) is 0 Å². The zero-order valence-electron chi connectivity index (χ0n) is 14.8. The zero-order valence-corrected chi connectivity index (χ0v) is 15.6. The molecule has 5 atom stereocenters.